The van der Waals surface area contributed by atoms with E-state index in [0.29, 0.717) is 11.6 Å². The summed E-state index contributed by atoms with van der Waals surface area (Å²) >= 11 is 0. The summed E-state index contributed by atoms with van der Waals surface area (Å²) in [5.74, 6) is 1.45. The normalized spacial score (nSPS) is 15.2. The van der Waals surface area contributed by atoms with E-state index in [2.05, 4.69) is 53.8 Å². The maximum Gasteiger partial charge on any atom is 0.274 e. The zero-order chi connectivity index (χ0) is 17.8. The van der Waals surface area contributed by atoms with Gasteiger partial charge in [-0.3, -0.25) is 4.79 Å². The van der Waals surface area contributed by atoms with Gasteiger partial charge in [-0.15, -0.1) is 0 Å². The topological polar surface area (TPSA) is 49.3 Å². The minimum atomic E-state index is -0.00967. The predicted molar refractivity (Wildman–Crippen MR) is 100 cm³/mol. The highest BCUT2D eigenvalue weighted by Gasteiger charge is 2.22. The molecule has 1 aliphatic heterocycles. The minimum absolute atomic E-state index is 0.00967. The van der Waals surface area contributed by atoms with Gasteiger partial charge in [0, 0.05) is 25.3 Å². The fraction of sp³-hybridized carbons (Fsp3) is 0.450. The van der Waals surface area contributed by atoms with Crippen molar-refractivity contribution in [1.82, 2.24) is 14.9 Å². The monoisotopic (exact) mass is 338 g/mol. The molecule has 3 rings (SSSR count). The summed E-state index contributed by atoms with van der Waals surface area (Å²) in [6.07, 6.45) is 5.43. The van der Waals surface area contributed by atoms with Crippen molar-refractivity contribution in [2.75, 3.05) is 24.5 Å². The Balaban J connectivity index is 1.76. The molecule has 5 heteroatoms. The lowest BCUT2D eigenvalue weighted by Gasteiger charge is -2.30. The van der Waals surface area contributed by atoms with E-state index in [9.17, 15) is 4.79 Å². The Kier molecular flexibility index (Phi) is 5.31. The van der Waals surface area contributed by atoms with Crippen molar-refractivity contribution in [3.63, 3.8) is 0 Å². The van der Waals surface area contributed by atoms with Gasteiger partial charge in [-0.05, 0) is 50.3 Å². The van der Waals surface area contributed by atoms with Crippen LogP contribution in [0.25, 0.3) is 0 Å². The van der Waals surface area contributed by atoms with E-state index in [0.717, 1.165) is 44.0 Å². The van der Waals surface area contributed by atoms with E-state index >= 15 is 0 Å². The molecule has 1 amide bonds. The average Bonchev–Trinajstić information content (AvgIpc) is 2.63. The maximum atomic E-state index is 12.6. The molecule has 1 aromatic carbocycles. The van der Waals surface area contributed by atoms with Crippen LogP contribution < -0.4 is 4.90 Å². The van der Waals surface area contributed by atoms with E-state index in [1.807, 2.05) is 11.0 Å². The Hall–Kier alpha value is -2.43. The number of hydrogen-bond donors (Lipinski definition) is 0. The maximum absolute atomic E-state index is 12.6. The number of amides is 1. The first-order valence-corrected chi connectivity index (χ1v) is 9.04. The molecule has 0 spiro atoms. The molecule has 0 atom stereocenters. The lowest BCUT2D eigenvalue weighted by atomic mass is 9.99. The summed E-state index contributed by atoms with van der Waals surface area (Å²) in [7, 11) is 0. The summed E-state index contributed by atoms with van der Waals surface area (Å²) in [6.45, 7) is 8.81. The van der Waals surface area contributed by atoms with Gasteiger partial charge in [0.15, 0.2) is 5.82 Å². The molecular formula is C20H26N4O. The molecule has 1 saturated heterocycles. The lowest BCUT2D eigenvalue weighted by Crippen LogP contribution is -2.38. The first-order valence-electron chi connectivity index (χ1n) is 9.04. The van der Waals surface area contributed by atoms with Crippen molar-refractivity contribution in [2.45, 2.75) is 33.6 Å². The quantitative estimate of drug-likeness (QED) is 0.850. The summed E-state index contributed by atoms with van der Waals surface area (Å²) < 4.78 is 0. The van der Waals surface area contributed by atoms with Gasteiger partial charge in [0.05, 0.1) is 12.4 Å². The fourth-order valence-corrected chi connectivity index (χ4v) is 3.22. The van der Waals surface area contributed by atoms with Gasteiger partial charge in [0.1, 0.15) is 5.69 Å². The molecule has 1 aliphatic rings. The van der Waals surface area contributed by atoms with Crippen molar-refractivity contribution in [3.05, 3.63) is 47.9 Å². The zero-order valence-corrected chi connectivity index (χ0v) is 15.3. The lowest BCUT2D eigenvalue weighted by molar-refractivity contribution is 0.0691. The standard InChI is InChI=1S/C20H26N4O/c1-4-24(17-7-5-6-16(3)12-17)19-14-21-18(13-22-19)20(25)23-10-8-15(2)9-11-23/h5-7,12-15H,4,8-11H2,1-3H3. The van der Waals surface area contributed by atoms with Crippen LogP contribution in [0.1, 0.15) is 42.7 Å². The number of rotatable bonds is 4. The molecule has 132 valence electrons. The van der Waals surface area contributed by atoms with Crippen LogP contribution in [0, 0.1) is 12.8 Å². The van der Waals surface area contributed by atoms with Gasteiger partial charge in [-0.25, -0.2) is 9.97 Å². The Morgan fingerprint density at radius 1 is 1.24 bits per heavy atom. The highest BCUT2D eigenvalue weighted by atomic mass is 16.2. The highest BCUT2D eigenvalue weighted by molar-refractivity contribution is 5.92. The molecule has 1 aromatic heterocycles. The number of piperidine rings is 1. The first kappa shape index (κ1) is 17.4. The molecule has 0 N–H and O–H groups in total. The molecule has 25 heavy (non-hydrogen) atoms. The van der Waals surface area contributed by atoms with Crippen LogP contribution in [0.4, 0.5) is 11.5 Å². The van der Waals surface area contributed by atoms with Crippen molar-refractivity contribution >= 4 is 17.4 Å². The third-order valence-electron chi connectivity index (χ3n) is 4.83. The summed E-state index contributed by atoms with van der Waals surface area (Å²) in [6, 6.07) is 8.30. The van der Waals surface area contributed by atoms with Crippen LogP contribution in [0.2, 0.25) is 0 Å². The van der Waals surface area contributed by atoms with Crippen LogP contribution in [-0.4, -0.2) is 40.4 Å². The number of aromatic nitrogens is 2. The van der Waals surface area contributed by atoms with E-state index in [-0.39, 0.29) is 5.91 Å². The number of nitrogens with zero attached hydrogens (tertiary/aromatic N) is 4. The second kappa shape index (κ2) is 7.64. The Morgan fingerprint density at radius 3 is 2.60 bits per heavy atom. The molecule has 2 aromatic rings. The van der Waals surface area contributed by atoms with Crippen LogP contribution in [-0.2, 0) is 0 Å². The van der Waals surface area contributed by atoms with Crippen molar-refractivity contribution in [3.8, 4) is 0 Å². The smallest absolute Gasteiger partial charge is 0.274 e. The average molecular weight is 338 g/mol. The summed E-state index contributed by atoms with van der Waals surface area (Å²) in [4.78, 5) is 25.5. The molecule has 0 bridgehead atoms. The van der Waals surface area contributed by atoms with E-state index in [4.69, 9.17) is 0 Å². The molecule has 1 fully saturated rings. The molecule has 5 nitrogen and oxygen atoms in total. The Bertz CT molecular complexity index is 721. The molecule has 0 unspecified atom stereocenters. The molecular weight excluding hydrogens is 312 g/mol. The first-order chi connectivity index (χ1) is 12.1. The number of anilines is 2. The van der Waals surface area contributed by atoms with Crippen molar-refractivity contribution in [1.29, 1.82) is 0 Å². The number of carbonyl (C=O) groups is 1. The molecule has 0 radical (unpaired) electrons. The summed E-state index contributed by atoms with van der Waals surface area (Å²) in [5, 5.41) is 0. The van der Waals surface area contributed by atoms with E-state index < -0.39 is 0 Å². The number of carbonyl (C=O) groups excluding carboxylic acids is 1. The number of likely N-dealkylation sites (tertiary alicyclic amines) is 1. The zero-order valence-electron chi connectivity index (χ0n) is 15.3. The van der Waals surface area contributed by atoms with Gasteiger partial charge >= 0.3 is 0 Å². The van der Waals surface area contributed by atoms with Gasteiger partial charge in [0.25, 0.3) is 5.91 Å². The fourth-order valence-electron chi connectivity index (χ4n) is 3.22. The second-order valence-electron chi connectivity index (χ2n) is 6.82. The highest BCUT2D eigenvalue weighted by Crippen LogP contribution is 2.24. The largest absolute Gasteiger partial charge is 0.337 e. The Labute approximate surface area is 149 Å². The number of hydrogen-bond acceptors (Lipinski definition) is 4. The van der Waals surface area contributed by atoms with Crippen LogP contribution in [0.15, 0.2) is 36.7 Å². The molecule has 0 aliphatic carbocycles. The van der Waals surface area contributed by atoms with E-state index in [1.54, 1.807) is 12.4 Å². The number of aryl methyl sites for hydroxylation is 1. The number of benzene rings is 1. The van der Waals surface area contributed by atoms with Crippen molar-refractivity contribution < 1.29 is 4.79 Å². The minimum Gasteiger partial charge on any atom is -0.337 e. The van der Waals surface area contributed by atoms with Gasteiger partial charge in [-0.1, -0.05) is 19.1 Å². The van der Waals surface area contributed by atoms with Crippen LogP contribution in [0.5, 0.6) is 0 Å². The summed E-state index contributed by atoms with van der Waals surface area (Å²) in [5.41, 5.74) is 2.72. The molecule has 2 heterocycles. The van der Waals surface area contributed by atoms with Gasteiger partial charge in [0.2, 0.25) is 0 Å². The third-order valence-corrected chi connectivity index (χ3v) is 4.83. The molecule has 0 saturated carbocycles. The second-order valence-corrected chi connectivity index (χ2v) is 6.82. The third kappa shape index (κ3) is 3.98. The van der Waals surface area contributed by atoms with Crippen LogP contribution in [0.3, 0.4) is 0 Å². The van der Waals surface area contributed by atoms with Gasteiger partial charge in [-0.2, -0.15) is 0 Å². The SMILES string of the molecule is CCN(c1cccc(C)c1)c1cnc(C(=O)N2CCC(C)CC2)cn1. The van der Waals surface area contributed by atoms with Crippen molar-refractivity contribution in [2.24, 2.45) is 5.92 Å². The van der Waals surface area contributed by atoms with Gasteiger partial charge < -0.3 is 9.80 Å². The van der Waals surface area contributed by atoms with Crippen LogP contribution >= 0.6 is 0 Å². The Morgan fingerprint density at radius 2 is 2.00 bits per heavy atom. The predicted octanol–water partition coefficient (Wildman–Crippen LogP) is 3.82. The van der Waals surface area contributed by atoms with E-state index in [1.165, 1.54) is 5.56 Å².